The Kier molecular flexibility index (Phi) is 4.25. The summed E-state index contributed by atoms with van der Waals surface area (Å²) in [6, 6.07) is 7.13. The number of hydrazone groups is 1. The van der Waals surface area contributed by atoms with Gasteiger partial charge >= 0.3 is 0 Å². The summed E-state index contributed by atoms with van der Waals surface area (Å²) in [6.07, 6.45) is 4.65. The molecule has 0 saturated heterocycles. The number of carbonyl (C=O) groups is 1. The van der Waals surface area contributed by atoms with E-state index in [0.717, 1.165) is 24.1 Å². The maximum absolute atomic E-state index is 12.1. The summed E-state index contributed by atoms with van der Waals surface area (Å²) in [5.74, 6) is 1.44. The molecule has 2 aliphatic rings. The van der Waals surface area contributed by atoms with Gasteiger partial charge in [-0.05, 0) is 54.9 Å². The maximum Gasteiger partial charge on any atom is 0.277 e. The van der Waals surface area contributed by atoms with Gasteiger partial charge in [0.15, 0.2) is 6.61 Å². The zero-order valence-electron chi connectivity index (χ0n) is 15.9. The Morgan fingerprint density at radius 1 is 1.33 bits per heavy atom. The fraction of sp³-hybridized carbons (Fsp3) is 0.500. The number of carbonyl (C=O) groups excluding carboxylic acids is 1. The number of rotatable bonds is 5. The number of ether oxygens (including phenoxy) is 1. The van der Waals surface area contributed by atoms with Crippen molar-refractivity contribution < 1.29 is 13.9 Å². The van der Waals surface area contributed by atoms with E-state index in [-0.39, 0.29) is 23.3 Å². The van der Waals surface area contributed by atoms with Gasteiger partial charge in [-0.1, -0.05) is 20.8 Å². The summed E-state index contributed by atoms with van der Waals surface area (Å²) in [5, 5.41) is 11.9. The lowest BCUT2D eigenvalue weighted by Crippen LogP contribution is -2.35. The molecule has 0 radical (unpaired) electrons. The van der Waals surface area contributed by atoms with Gasteiger partial charge in [-0.15, -0.1) is 10.2 Å². The molecule has 2 aromatic rings. The Morgan fingerprint density at radius 2 is 2.11 bits per heavy atom. The molecule has 2 aliphatic carbocycles. The van der Waals surface area contributed by atoms with Gasteiger partial charge in [0.25, 0.3) is 5.91 Å². The first-order valence-electron chi connectivity index (χ1n) is 9.25. The van der Waals surface area contributed by atoms with Crippen molar-refractivity contribution in [1.82, 2.24) is 15.6 Å². The lowest BCUT2D eigenvalue weighted by Gasteiger charge is -2.34. The second kappa shape index (κ2) is 6.48. The Morgan fingerprint density at radius 3 is 2.70 bits per heavy atom. The standard InChI is InChI=1S/C20H24N4O3/c1-19(2)14-8-9-20(19,3)16(10-14)22-23-17(25)11-26-15-6-4-13(5-7-15)18-24-21-12-27-18/h4-7,12,14H,8-11H2,1-3H3,(H,23,25)/b22-16+. The molecule has 142 valence electrons. The lowest BCUT2D eigenvalue weighted by atomic mass is 9.70. The van der Waals surface area contributed by atoms with Crippen molar-refractivity contribution in [3.05, 3.63) is 30.7 Å². The summed E-state index contributed by atoms with van der Waals surface area (Å²) in [5.41, 5.74) is 4.90. The van der Waals surface area contributed by atoms with E-state index >= 15 is 0 Å². The second-order valence-corrected chi connectivity index (χ2v) is 8.14. The van der Waals surface area contributed by atoms with Crippen LogP contribution in [0.4, 0.5) is 0 Å². The molecule has 2 fully saturated rings. The van der Waals surface area contributed by atoms with E-state index in [0.29, 0.717) is 17.6 Å². The van der Waals surface area contributed by atoms with Crippen LogP contribution in [-0.4, -0.2) is 28.4 Å². The molecule has 0 aliphatic heterocycles. The zero-order valence-corrected chi connectivity index (χ0v) is 15.9. The van der Waals surface area contributed by atoms with Crippen LogP contribution < -0.4 is 10.2 Å². The smallest absolute Gasteiger partial charge is 0.277 e. The van der Waals surface area contributed by atoms with E-state index in [1.807, 2.05) is 0 Å². The molecule has 1 heterocycles. The van der Waals surface area contributed by atoms with Gasteiger partial charge in [-0.2, -0.15) is 5.10 Å². The van der Waals surface area contributed by atoms with Gasteiger partial charge in [0, 0.05) is 16.7 Å². The van der Waals surface area contributed by atoms with Gasteiger partial charge in [0.05, 0.1) is 0 Å². The van der Waals surface area contributed by atoms with E-state index in [2.05, 4.69) is 41.5 Å². The third kappa shape index (κ3) is 3.01. The molecule has 2 atom stereocenters. The predicted molar refractivity (Wildman–Crippen MR) is 100 cm³/mol. The van der Waals surface area contributed by atoms with Crippen molar-refractivity contribution in [2.45, 2.75) is 40.0 Å². The van der Waals surface area contributed by atoms with Crippen LogP contribution in [0.1, 0.15) is 40.0 Å². The molecule has 2 unspecified atom stereocenters. The molecule has 2 bridgehead atoms. The second-order valence-electron chi connectivity index (χ2n) is 8.14. The van der Waals surface area contributed by atoms with Crippen molar-refractivity contribution in [2.24, 2.45) is 21.8 Å². The van der Waals surface area contributed by atoms with Crippen molar-refractivity contribution >= 4 is 11.6 Å². The summed E-state index contributed by atoms with van der Waals surface area (Å²) < 4.78 is 10.7. The molecule has 0 spiro atoms. The summed E-state index contributed by atoms with van der Waals surface area (Å²) in [4.78, 5) is 12.1. The molecule has 1 aromatic carbocycles. The third-order valence-electron chi connectivity index (χ3n) is 6.66. The topological polar surface area (TPSA) is 89.6 Å². The molecule has 4 rings (SSSR count). The van der Waals surface area contributed by atoms with Crippen LogP contribution in [0, 0.1) is 16.7 Å². The van der Waals surface area contributed by atoms with E-state index < -0.39 is 0 Å². The summed E-state index contributed by atoms with van der Waals surface area (Å²) in [6.45, 7) is 6.82. The Balaban J connectivity index is 1.32. The number of aromatic nitrogens is 2. The normalized spacial score (nSPS) is 27.1. The van der Waals surface area contributed by atoms with Gasteiger partial charge in [-0.3, -0.25) is 4.79 Å². The monoisotopic (exact) mass is 368 g/mol. The Bertz CT molecular complexity index is 858. The van der Waals surface area contributed by atoms with Crippen LogP contribution in [0.3, 0.4) is 0 Å². The van der Waals surface area contributed by atoms with E-state index in [1.54, 1.807) is 24.3 Å². The number of fused-ring (bicyclic) bond motifs is 2. The molecular weight excluding hydrogens is 344 g/mol. The fourth-order valence-electron chi connectivity index (χ4n) is 4.40. The fourth-order valence-corrected chi connectivity index (χ4v) is 4.40. The summed E-state index contributed by atoms with van der Waals surface area (Å²) >= 11 is 0. The minimum Gasteiger partial charge on any atom is -0.484 e. The number of nitrogens with zero attached hydrogens (tertiary/aromatic N) is 3. The average Bonchev–Trinajstić information content (AvgIpc) is 3.31. The predicted octanol–water partition coefficient (Wildman–Crippen LogP) is 3.43. The van der Waals surface area contributed by atoms with Crippen LogP contribution in [0.5, 0.6) is 5.75 Å². The van der Waals surface area contributed by atoms with E-state index in [4.69, 9.17) is 9.15 Å². The molecule has 1 amide bonds. The highest BCUT2D eigenvalue weighted by atomic mass is 16.5. The quantitative estimate of drug-likeness (QED) is 0.817. The van der Waals surface area contributed by atoms with Crippen LogP contribution in [-0.2, 0) is 4.79 Å². The molecule has 7 nitrogen and oxygen atoms in total. The number of benzene rings is 1. The highest BCUT2D eigenvalue weighted by molar-refractivity contribution is 5.95. The van der Waals surface area contributed by atoms with Gasteiger partial charge in [0.2, 0.25) is 12.3 Å². The molecule has 2 saturated carbocycles. The largest absolute Gasteiger partial charge is 0.484 e. The highest BCUT2D eigenvalue weighted by Crippen LogP contribution is 2.63. The lowest BCUT2D eigenvalue weighted by molar-refractivity contribution is -0.123. The van der Waals surface area contributed by atoms with Crippen LogP contribution >= 0.6 is 0 Å². The molecule has 27 heavy (non-hydrogen) atoms. The Hall–Kier alpha value is -2.70. The molecule has 7 heteroatoms. The number of amides is 1. The number of hydrogen-bond acceptors (Lipinski definition) is 6. The maximum atomic E-state index is 12.1. The first-order valence-corrected chi connectivity index (χ1v) is 9.25. The van der Waals surface area contributed by atoms with E-state index in [9.17, 15) is 4.79 Å². The van der Waals surface area contributed by atoms with Crippen LogP contribution in [0.15, 0.2) is 40.2 Å². The first kappa shape index (κ1) is 17.7. The highest BCUT2D eigenvalue weighted by Gasteiger charge is 2.59. The van der Waals surface area contributed by atoms with Crippen molar-refractivity contribution in [1.29, 1.82) is 0 Å². The van der Waals surface area contributed by atoms with Crippen molar-refractivity contribution in [3.63, 3.8) is 0 Å². The number of nitrogens with one attached hydrogen (secondary N) is 1. The van der Waals surface area contributed by atoms with Crippen molar-refractivity contribution in [3.8, 4) is 17.2 Å². The zero-order chi connectivity index (χ0) is 19.1. The van der Waals surface area contributed by atoms with Gasteiger partial charge in [-0.25, -0.2) is 5.43 Å². The minimum absolute atomic E-state index is 0.0797. The third-order valence-corrected chi connectivity index (χ3v) is 6.66. The number of hydrogen-bond donors (Lipinski definition) is 1. The van der Waals surface area contributed by atoms with Crippen molar-refractivity contribution in [2.75, 3.05) is 6.61 Å². The Labute approximate surface area is 158 Å². The van der Waals surface area contributed by atoms with Crippen LogP contribution in [0.2, 0.25) is 0 Å². The SMILES string of the molecule is CC12CCC(C/C1=N\NC(=O)COc1ccc(-c3nnco3)cc1)C2(C)C. The molecule has 1 aromatic heterocycles. The molecular formula is C20H24N4O3. The average molecular weight is 368 g/mol. The minimum atomic E-state index is -0.257. The van der Waals surface area contributed by atoms with Gasteiger partial charge in [0.1, 0.15) is 5.75 Å². The van der Waals surface area contributed by atoms with Crippen LogP contribution in [0.25, 0.3) is 11.5 Å². The molecule has 1 N–H and O–H groups in total. The summed E-state index contributed by atoms with van der Waals surface area (Å²) in [7, 11) is 0. The van der Waals surface area contributed by atoms with E-state index in [1.165, 1.54) is 12.8 Å². The first-order chi connectivity index (χ1) is 12.9. The van der Waals surface area contributed by atoms with Gasteiger partial charge < -0.3 is 9.15 Å².